The molecule has 0 saturated heterocycles. The maximum absolute atomic E-state index is 13.9. The quantitative estimate of drug-likeness (QED) is 0.701. The van der Waals surface area contributed by atoms with Gasteiger partial charge in [0.1, 0.15) is 17.3 Å². The highest BCUT2D eigenvalue weighted by molar-refractivity contribution is 6.04. The minimum atomic E-state index is -0.540. The van der Waals surface area contributed by atoms with E-state index in [0.717, 1.165) is 54.0 Å². The number of rotatable bonds is 4. The number of furan rings is 1. The van der Waals surface area contributed by atoms with Gasteiger partial charge in [0.2, 0.25) is 0 Å². The van der Waals surface area contributed by atoms with Crippen molar-refractivity contribution in [2.75, 3.05) is 5.32 Å². The molecule has 0 bridgehead atoms. The Morgan fingerprint density at radius 1 is 1.30 bits per heavy atom. The fraction of sp³-hybridized carbons (Fsp3) is 0.273. The maximum atomic E-state index is 13.9. The topological polar surface area (TPSA) is 55.1 Å². The monoisotopic (exact) mass is 364 g/mol. The smallest absolute Gasteiger partial charge is 0.258 e. The number of anilines is 1. The Morgan fingerprint density at radius 3 is 2.89 bits per heavy atom. The van der Waals surface area contributed by atoms with Crippen molar-refractivity contribution in [2.45, 2.75) is 39.5 Å². The number of benzene rings is 1. The minimum absolute atomic E-state index is 0.0205. The Morgan fingerprint density at radius 2 is 2.11 bits per heavy atom. The summed E-state index contributed by atoms with van der Waals surface area (Å²) in [6.45, 7) is 3.99. The van der Waals surface area contributed by atoms with E-state index in [9.17, 15) is 9.18 Å². The van der Waals surface area contributed by atoms with Crippen LogP contribution in [0.5, 0.6) is 0 Å². The molecule has 5 heteroatoms. The van der Waals surface area contributed by atoms with E-state index in [0.29, 0.717) is 5.69 Å². The normalized spacial score (nSPS) is 12.9. The molecule has 0 spiro atoms. The van der Waals surface area contributed by atoms with Crippen LogP contribution in [-0.2, 0) is 19.3 Å². The molecule has 3 aromatic rings. The molecular formula is C22H21FN2O2. The number of halogens is 1. The summed E-state index contributed by atoms with van der Waals surface area (Å²) < 4.78 is 19.8. The van der Waals surface area contributed by atoms with E-state index in [-0.39, 0.29) is 5.56 Å². The van der Waals surface area contributed by atoms with Crippen LogP contribution in [0.4, 0.5) is 10.1 Å². The van der Waals surface area contributed by atoms with E-state index >= 15 is 0 Å². The Hall–Kier alpha value is -2.95. The van der Waals surface area contributed by atoms with Crippen molar-refractivity contribution in [3.8, 4) is 11.3 Å². The van der Waals surface area contributed by atoms with E-state index in [2.05, 4.69) is 10.3 Å². The van der Waals surface area contributed by atoms with Gasteiger partial charge in [-0.2, -0.15) is 0 Å². The molecule has 0 fully saturated rings. The number of aryl methyl sites for hydroxylation is 3. The highest BCUT2D eigenvalue weighted by atomic mass is 19.1. The molecule has 2 heterocycles. The van der Waals surface area contributed by atoms with Gasteiger partial charge in [0.25, 0.3) is 5.91 Å². The van der Waals surface area contributed by atoms with Crippen LogP contribution in [-0.4, -0.2) is 10.9 Å². The molecule has 0 unspecified atom stereocenters. The number of carbonyl (C=O) groups is 1. The lowest BCUT2D eigenvalue weighted by molar-refractivity contribution is 0.102. The number of pyridine rings is 1. The fourth-order valence-corrected chi connectivity index (χ4v) is 3.75. The van der Waals surface area contributed by atoms with Crippen LogP contribution < -0.4 is 5.32 Å². The second kappa shape index (κ2) is 6.99. The Bertz CT molecular complexity index is 1020. The van der Waals surface area contributed by atoms with Gasteiger partial charge in [-0.3, -0.25) is 9.78 Å². The van der Waals surface area contributed by atoms with Gasteiger partial charge in [0.05, 0.1) is 23.1 Å². The number of carbonyl (C=O) groups excluding carboxylic acids is 1. The van der Waals surface area contributed by atoms with Crippen molar-refractivity contribution in [1.29, 1.82) is 0 Å². The van der Waals surface area contributed by atoms with Crippen LogP contribution in [0.15, 0.2) is 40.9 Å². The first kappa shape index (κ1) is 17.5. The van der Waals surface area contributed by atoms with Crippen LogP contribution in [0.25, 0.3) is 11.3 Å². The fourth-order valence-electron chi connectivity index (χ4n) is 3.75. The van der Waals surface area contributed by atoms with E-state index in [4.69, 9.17) is 4.42 Å². The van der Waals surface area contributed by atoms with Crippen molar-refractivity contribution in [3.05, 3.63) is 70.6 Å². The van der Waals surface area contributed by atoms with Gasteiger partial charge in [-0.1, -0.05) is 19.1 Å². The number of nitrogens with zero attached hydrogens (tertiary/aromatic N) is 1. The molecule has 4 nitrogen and oxygen atoms in total. The maximum Gasteiger partial charge on any atom is 0.258 e. The molecule has 1 aliphatic carbocycles. The first-order chi connectivity index (χ1) is 13.1. The molecule has 1 aromatic carbocycles. The predicted octanol–water partition coefficient (Wildman–Crippen LogP) is 5.09. The molecule has 0 aliphatic heterocycles. The van der Waals surface area contributed by atoms with Crippen molar-refractivity contribution in [2.24, 2.45) is 0 Å². The summed E-state index contributed by atoms with van der Waals surface area (Å²) in [4.78, 5) is 17.0. The highest BCUT2D eigenvalue weighted by Gasteiger charge is 2.24. The summed E-state index contributed by atoms with van der Waals surface area (Å²) in [5.41, 5.74) is 4.77. The number of nitrogens with one attached hydrogen (secondary N) is 1. The summed E-state index contributed by atoms with van der Waals surface area (Å²) in [7, 11) is 0. The zero-order chi connectivity index (χ0) is 19.0. The summed E-state index contributed by atoms with van der Waals surface area (Å²) in [5, 5.41) is 2.79. The molecule has 0 saturated carbocycles. The summed E-state index contributed by atoms with van der Waals surface area (Å²) >= 11 is 0. The van der Waals surface area contributed by atoms with Gasteiger partial charge < -0.3 is 9.73 Å². The van der Waals surface area contributed by atoms with Crippen molar-refractivity contribution >= 4 is 11.6 Å². The molecule has 2 aromatic heterocycles. The molecule has 1 N–H and O–H groups in total. The van der Waals surface area contributed by atoms with Crippen molar-refractivity contribution in [1.82, 2.24) is 4.98 Å². The summed E-state index contributed by atoms with van der Waals surface area (Å²) in [6.07, 6.45) is 5.48. The standard InChI is InChI=1S/C22H21FN2O2/c1-3-14-11-18(21-13(2)27-20-10-6-8-16(20)21)24-12-19(14)25-22(26)15-7-4-5-9-17(15)23/h4-5,7,9,11-12H,3,6,8,10H2,1-2H3,(H,25,26). The lowest BCUT2D eigenvalue weighted by Crippen LogP contribution is -2.15. The largest absolute Gasteiger partial charge is 0.465 e. The molecule has 0 atom stereocenters. The Kier molecular flexibility index (Phi) is 4.52. The second-order valence-corrected chi connectivity index (χ2v) is 6.80. The number of aromatic nitrogens is 1. The van der Waals surface area contributed by atoms with E-state index in [1.54, 1.807) is 18.3 Å². The minimum Gasteiger partial charge on any atom is -0.465 e. The Balaban J connectivity index is 1.67. The van der Waals surface area contributed by atoms with Crippen molar-refractivity contribution < 1.29 is 13.6 Å². The van der Waals surface area contributed by atoms with Gasteiger partial charge in [0, 0.05) is 17.5 Å². The average Bonchev–Trinajstić information content (AvgIpc) is 3.22. The van der Waals surface area contributed by atoms with E-state index in [1.165, 1.54) is 17.7 Å². The molecule has 27 heavy (non-hydrogen) atoms. The zero-order valence-corrected chi connectivity index (χ0v) is 15.4. The van der Waals surface area contributed by atoms with Crippen LogP contribution in [0, 0.1) is 12.7 Å². The molecule has 4 rings (SSSR count). The van der Waals surface area contributed by atoms with Gasteiger partial charge in [-0.05, 0) is 49.9 Å². The van der Waals surface area contributed by atoms with Crippen LogP contribution in [0.3, 0.4) is 0 Å². The van der Waals surface area contributed by atoms with Gasteiger partial charge in [0.15, 0.2) is 0 Å². The van der Waals surface area contributed by atoms with E-state index < -0.39 is 11.7 Å². The van der Waals surface area contributed by atoms with Gasteiger partial charge in [-0.25, -0.2) is 4.39 Å². The van der Waals surface area contributed by atoms with Crippen molar-refractivity contribution in [3.63, 3.8) is 0 Å². The lowest BCUT2D eigenvalue weighted by Gasteiger charge is -2.12. The van der Waals surface area contributed by atoms with Gasteiger partial charge >= 0.3 is 0 Å². The van der Waals surface area contributed by atoms with Crippen LogP contribution in [0.2, 0.25) is 0 Å². The van der Waals surface area contributed by atoms with E-state index in [1.807, 2.05) is 19.9 Å². The second-order valence-electron chi connectivity index (χ2n) is 6.80. The third kappa shape index (κ3) is 3.14. The molecule has 138 valence electrons. The first-order valence-corrected chi connectivity index (χ1v) is 9.24. The van der Waals surface area contributed by atoms with Gasteiger partial charge in [-0.15, -0.1) is 0 Å². The SMILES string of the molecule is CCc1cc(-c2c(C)oc3c2CCC3)ncc1NC(=O)c1ccccc1F. The third-order valence-electron chi connectivity index (χ3n) is 5.09. The highest BCUT2D eigenvalue weighted by Crippen LogP contribution is 2.37. The van der Waals surface area contributed by atoms with Crippen LogP contribution >= 0.6 is 0 Å². The first-order valence-electron chi connectivity index (χ1n) is 9.24. The number of hydrogen-bond acceptors (Lipinski definition) is 3. The predicted molar refractivity (Wildman–Crippen MR) is 102 cm³/mol. The number of hydrogen-bond donors (Lipinski definition) is 1. The molecule has 1 aliphatic rings. The Labute approximate surface area is 157 Å². The molecule has 0 radical (unpaired) electrons. The van der Waals surface area contributed by atoms with Crippen LogP contribution in [0.1, 0.15) is 46.3 Å². The summed E-state index contributed by atoms with van der Waals surface area (Å²) in [6, 6.07) is 7.94. The number of amides is 1. The number of fused-ring (bicyclic) bond motifs is 1. The molecular weight excluding hydrogens is 343 g/mol. The summed E-state index contributed by atoms with van der Waals surface area (Å²) in [5.74, 6) is 0.941. The average molecular weight is 364 g/mol. The third-order valence-corrected chi connectivity index (χ3v) is 5.09. The zero-order valence-electron chi connectivity index (χ0n) is 15.4. The lowest BCUT2D eigenvalue weighted by atomic mass is 10.0. The molecule has 1 amide bonds.